The minimum atomic E-state index is -0.470. The molecule has 1 fully saturated rings. The first-order valence-corrected chi connectivity index (χ1v) is 7.30. The van der Waals surface area contributed by atoms with Gasteiger partial charge in [-0.05, 0) is 18.2 Å². The van der Waals surface area contributed by atoms with Crippen molar-refractivity contribution in [1.82, 2.24) is 15.1 Å². The molecule has 120 valence electrons. The van der Waals surface area contributed by atoms with E-state index in [1.54, 1.807) is 23.1 Å². The molecule has 0 radical (unpaired) electrons. The van der Waals surface area contributed by atoms with Gasteiger partial charge in [-0.25, -0.2) is 4.79 Å². The van der Waals surface area contributed by atoms with Crippen LogP contribution in [0, 0.1) is 0 Å². The fraction of sp³-hybridized carbons (Fsp3) is 0.312. The Balaban J connectivity index is 1.75. The van der Waals surface area contributed by atoms with Crippen LogP contribution in [0.3, 0.4) is 0 Å². The molecular weight excluding hydrogens is 298 g/mol. The summed E-state index contributed by atoms with van der Waals surface area (Å²) in [5, 5.41) is 6.71. The minimum absolute atomic E-state index is 0.00266. The Morgan fingerprint density at radius 2 is 1.91 bits per heavy atom. The van der Waals surface area contributed by atoms with Crippen molar-refractivity contribution in [2.45, 2.75) is 0 Å². The molecule has 1 aromatic heterocycles. The third-order valence-corrected chi connectivity index (χ3v) is 3.71. The van der Waals surface area contributed by atoms with E-state index in [4.69, 9.17) is 4.74 Å². The van der Waals surface area contributed by atoms with Crippen molar-refractivity contribution in [3.05, 3.63) is 41.6 Å². The summed E-state index contributed by atoms with van der Waals surface area (Å²) in [5.41, 5.74) is 2.35. The first-order chi connectivity index (χ1) is 11.2. The molecule has 3 rings (SSSR count). The molecule has 0 unspecified atom stereocenters. The summed E-state index contributed by atoms with van der Waals surface area (Å²) in [4.78, 5) is 25.6. The number of carbonyl (C=O) groups is 2. The normalized spacial score (nSPS) is 14.6. The molecule has 23 heavy (non-hydrogen) atoms. The number of ether oxygens (including phenoxy) is 2. The molecule has 2 aromatic rings. The maximum absolute atomic E-state index is 12.4. The molecular formula is C16H17N3O4. The summed E-state index contributed by atoms with van der Waals surface area (Å²) >= 11 is 0. The van der Waals surface area contributed by atoms with Crippen molar-refractivity contribution in [3.63, 3.8) is 0 Å². The fourth-order valence-electron chi connectivity index (χ4n) is 2.42. The highest BCUT2D eigenvalue weighted by molar-refractivity contribution is 5.95. The molecule has 7 nitrogen and oxygen atoms in total. The van der Waals surface area contributed by atoms with Crippen LogP contribution in [-0.4, -0.2) is 60.4 Å². The lowest BCUT2D eigenvalue weighted by Crippen LogP contribution is -2.40. The zero-order valence-electron chi connectivity index (χ0n) is 12.7. The summed E-state index contributed by atoms with van der Waals surface area (Å²) in [7, 11) is 1.31. The maximum Gasteiger partial charge on any atom is 0.356 e. The van der Waals surface area contributed by atoms with Crippen LogP contribution in [-0.2, 0) is 9.47 Å². The summed E-state index contributed by atoms with van der Waals surface area (Å²) < 4.78 is 9.88. The van der Waals surface area contributed by atoms with Gasteiger partial charge in [-0.15, -0.1) is 0 Å². The van der Waals surface area contributed by atoms with E-state index in [0.717, 1.165) is 5.56 Å². The van der Waals surface area contributed by atoms with Crippen molar-refractivity contribution in [3.8, 4) is 11.3 Å². The molecule has 1 saturated heterocycles. The zero-order chi connectivity index (χ0) is 16.2. The van der Waals surface area contributed by atoms with Crippen molar-refractivity contribution in [1.29, 1.82) is 0 Å². The third kappa shape index (κ3) is 3.24. The van der Waals surface area contributed by atoms with Crippen LogP contribution in [0.5, 0.6) is 0 Å². The first-order valence-electron chi connectivity index (χ1n) is 7.30. The van der Waals surface area contributed by atoms with E-state index in [0.29, 0.717) is 37.6 Å². The number of aromatic amines is 1. The van der Waals surface area contributed by atoms with Crippen LogP contribution in [0.25, 0.3) is 11.3 Å². The first kappa shape index (κ1) is 15.2. The highest BCUT2D eigenvalue weighted by Crippen LogP contribution is 2.19. The number of hydrogen-bond donors (Lipinski definition) is 1. The van der Waals surface area contributed by atoms with Crippen LogP contribution >= 0.6 is 0 Å². The van der Waals surface area contributed by atoms with Gasteiger partial charge in [0.05, 0.1) is 26.0 Å². The maximum atomic E-state index is 12.4. The monoisotopic (exact) mass is 315 g/mol. The summed E-state index contributed by atoms with van der Waals surface area (Å²) in [6.07, 6.45) is 0. The number of esters is 1. The second kappa shape index (κ2) is 6.62. The summed E-state index contributed by atoms with van der Waals surface area (Å²) in [6.45, 7) is 2.38. The third-order valence-electron chi connectivity index (χ3n) is 3.71. The lowest BCUT2D eigenvalue weighted by Gasteiger charge is -2.26. The van der Waals surface area contributed by atoms with Crippen LogP contribution in [0.2, 0.25) is 0 Å². The van der Waals surface area contributed by atoms with Gasteiger partial charge in [-0.1, -0.05) is 12.1 Å². The molecule has 0 atom stereocenters. The highest BCUT2D eigenvalue weighted by atomic mass is 16.5. The van der Waals surface area contributed by atoms with E-state index in [-0.39, 0.29) is 11.6 Å². The van der Waals surface area contributed by atoms with Gasteiger partial charge in [0, 0.05) is 24.2 Å². The second-order valence-corrected chi connectivity index (χ2v) is 5.14. The van der Waals surface area contributed by atoms with Crippen molar-refractivity contribution in [2.24, 2.45) is 0 Å². The summed E-state index contributed by atoms with van der Waals surface area (Å²) in [5.74, 6) is -0.472. The average Bonchev–Trinajstić information content (AvgIpc) is 3.11. The zero-order valence-corrected chi connectivity index (χ0v) is 12.7. The fourth-order valence-corrected chi connectivity index (χ4v) is 2.42. The number of morpholine rings is 1. The van der Waals surface area contributed by atoms with Crippen molar-refractivity contribution < 1.29 is 19.1 Å². The number of nitrogens with zero attached hydrogens (tertiary/aromatic N) is 2. The molecule has 0 spiro atoms. The molecule has 0 bridgehead atoms. The SMILES string of the molecule is COC(=O)c1cc(-c2ccc(C(=O)N3CCOCC3)cc2)n[nH]1. The van der Waals surface area contributed by atoms with Gasteiger partial charge in [-0.2, -0.15) is 5.10 Å². The topological polar surface area (TPSA) is 84.5 Å². The standard InChI is InChI=1S/C16H17N3O4/c1-22-16(21)14-10-13(17-18-14)11-2-4-12(5-3-11)15(20)19-6-8-23-9-7-19/h2-5,10H,6-9H2,1H3,(H,17,18). The van der Waals surface area contributed by atoms with Crippen LogP contribution in [0.1, 0.15) is 20.8 Å². The van der Waals surface area contributed by atoms with Gasteiger partial charge < -0.3 is 14.4 Å². The Hall–Kier alpha value is -2.67. The number of rotatable bonds is 3. The smallest absolute Gasteiger partial charge is 0.356 e. The summed E-state index contributed by atoms with van der Waals surface area (Å²) in [6, 6.07) is 8.76. The number of nitrogens with one attached hydrogen (secondary N) is 1. The predicted molar refractivity (Wildman–Crippen MR) is 82.1 cm³/mol. The molecule has 1 aromatic carbocycles. The number of aromatic nitrogens is 2. The van der Waals surface area contributed by atoms with E-state index in [1.165, 1.54) is 7.11 Å². The van der Waals surface area contributed by atoms with Crippen LogP contribution in [0.15, 0.2) is 30.3 Å². The minimum Gasteiger partial charge on any atom is -0.464 e. The molecule has 1 aliphatic rings. The number of methoxy groups -OCH3 is 1. The highest BCUT2D eigenvalue weighted by Gasteiger charge is 2.18. The second-order valence-electron chi connectivity index (χ2n) is 5.14. The van der Waals surface area contributed by atoms with Crippen molar-refractivity contribution >= 4 is 11.9 Å². The van der Waals surface area contributed by atoms with E-state index in [1.807, 2.05) is 12.1 Å². The molecule has 1 aliphatic heterocycles. The predicted octanol–water partition coefficient (Wildman–Crippen LogP) is 1.34. The van der Waals surface area contributed by atoms with Gasteiger partial charge >= 0.3 is 5.97 Å². The van der Waals surface area contributed by atoms with E-state index < -0.39 is 5.97 Å². The Kier molecular flexibility index (Phi) is 4.38. The van der Waals surface area contributed by atoms with Gasteiger partial charge in [-0.3, -0.25) is 9.89 Å². The molecule has 0 aliphatic carbocycles. The van der Waals surface area contributed by atoms with Crippen molar-refractivity contribution in [2.75, 3.05) is 33.4 Å². The Morgan fingerprint density at radius 3 is 2.57 bits per heavy atom. The Bertz CT molecular complexity index is 702. The average molecular weight is 315 g/mol. The largest absolute Gasteiger partial charge is 0.464 e. The van der Waals surface area contributed by atoms with Gasteiger partial charge in [0.15, 0.2) is 0 Å². The molecule has 2 heterocycles. The van der Waals surface area contributed by atoms with E-state index in [2.05, 4.69) is 14.9 Å². The molecule has 1 amide bonds. The van der Waals surface area contributed by atoms with E-state index in [9.17, 15) is 9.59 Å². The van der Waals surface area contributed by atoms with Crippen LogP contribution in [0.4, 0.5) is 0 Å². The lowest BCUT2D eigenvalue weighted by atomic mass is 10.1. The molecule has 7 heteroatoms. The molecule has 0 saturated carbocycles. The number of hydrogen-bond acceptors (Lipinski definition) is 5. The van der Waals surface area contributed by atoms with Gasteiger partial charge in [0.2, 0.25) is 0 Å². The number of benzene rings is 1. The quantitative estimate of drug-likeness (QED) is 0.864. The van der Waals surface area contributed by atoms with E-state index >= 15 is 0 Å². The van der Waals surface area contributed by atoms with Gasteiger partial charge in [0.1, 0.15) is 5.69 Å². The van der Waals surface area contributed by atoms with Crippen LogP contribution < -0.4 is 0 Å². The Morgan fingerprint density at radius 1 is 1.22 bits per heavy atom. The number of H-pyrrole nitrogens is 1. The van der Waals surface area contributed by atoms with Gasteiger partial charge in [0.25, 0.3) is 5.91 Å². The number of carbonyl (C=O) groups excluding carboxylic acids is 2. The number of amides is 1. The Labute approximate surface area is 133 Å². The molecule has 1 N–H and O–H groups in total. The lowest BCUT2D eigenvalue weighted by molar-refractivity contribution is 0.0303.